The molecular formula is C19H22N2O6S. The lowest BCUT2D eigenvalue weighted by molar-refractivity contribution is -0.122. The lowest BCUT2D eigenvalue weighted by atomic mass is 10.2. The molecule has 1 aliphatic heterocycles. The number of ether oxygens (including phenoxy) is 3. The van der Waals surface area contributed by atoms with E-state index in [0.717, 1.165) is 6.26 Å². The molecule has 0 unspecified atom stereocenters. The predicted octanol–water partition coefficient (Wildman–Crippen LogP) is 2.26. The number of hydrogen-bond donors (Lipinski definition) is 1. The monoisotopic (exact) mass is 406 g/mol. The van der Waals surface area contributed by atoms with E-state index in [9.17, 15) is 13.2 Å². The number of para-hydroxylation sites is 2. The van der Waals surface area contributed by atoms with Crippen molar-refractivity contribution in [3.8, 4) is 17.2 Å². The molecule has 0 radical (unpaired) electrons. The first kappa shape index (κ1) is 19.8. The summed E-state index contributed by atoms with van der Waals surface area (Å²) in [5.74, 6) is 0.965. The quantitative estimate of drug-likeness (QED) is 0.819. The van der Waals surface area contributed by atoms with Crippen LogP contribution in [0.3, 0.4) is 0 Å². The van der Waals surface area contributed by atoms with Gasteiger partial charge in [-0.2, -0.15) is 0 Å². The molecule has 1 aliphatic rings. The van der Waals surface area contributed by atoms with Gasteiger partial charge < -0.3 is 19.5 Å². The Morgan fingerprint density at radius 1 is 1.18 bits per heavy atom. The van der Waals surface area contributed by atoms with E-state index in [1.807, 2.05) is 0 Å². The molecule has 1 amide bonds. The minimum absolute atomic E-state index is 0.128. The molecule has 0 bridgehead atoms. The number of sulfonamides is 1. The van der Waals surface area contributed by atoms with Gasteiger partial charge in [0, 0.05) is 19.0 Å². The Balaban J connectivity index is 1.87. The lowest BCUT2D eigenvalue weighted by Crippen LogP contribution is -2.36. The molecule has 0 saturated heterocycles. The van der Waals surface area contributed by atoms with Crippen molar-refractivity contribution >= 4 is 27.3 Å². The minimum atomic E-state index is -3.51. The summed E-state index contributed by atoms with van der Waals surface area (Å²) in [6.07, 6.45) is 0.453. The first-order chi connectivity index (χ1) is 13.3. The minimum Gasteiger partial charge on any atom is -0.497 e. The molecule has 0 saturated carbocycles. The third-order valence-corrected chi connectivity index (χ3v) is 5.53. The van der Waals surface area contributed by atoms with Crippen LogP contribution in [0.1, 0.15) is 6.42 Å². The van der Waals surface area contributed by atoms with Crippen molar-refractivity contribution in [2.45, 2.75) is 12.5 Å². The van der Waals surface area contributed by atoms with Gasteiger partial charge in [-0.3, -0.25) is 9.10 Å². The van der Waals surface area contributed by atoms with Crippen LogP contribution in [-0.4, -0.2) is 47.4 Å². The van der Waals surface area contributed by atoms with Gasteiger partial charge in [0.25, 0.3) is 5.91 Å². The molecule has 8 nitrogen and oxygen atoms in total. The van der Waals surface area contributed by atoms with Crippen molar-refractivity contribution < 1.29 is 27.4 Å². The van der Waals surface area contributed by atoms with Gasteiger partial charge in [0.1, 0.15) is 17.2 Å². The molecule has 28 heavy (non-hydrogen) atoms. The van der Waals surface area contributed by atoms with Gasteiger partial charge in [-0.25, -0.2) is 8.42 Å². The van der Waals surface area contributed by atoms with Crippen LogP contribution in [0.25, 0.3) is 0 Å². The standard InChI is InChI=1S/C19H22N2O6S/c1-25-13-8-9-16(26-2)14(12-13)20-19(22)18-10-11-21(28(3,23)24)15-6-4-5-7-17(15)27-18/h4-9,12,18H,10-11H2,1-3H3,(H,20,22)/t18-/m0/s1. The van der Waals surface area contributed by atoms with E-state index in [-0.39, 0.29) is 13.0 Å². The van der Waals surface area contributed by atoms with Gasteiger partial charge in [0.15, 0.2) is 6.10 Å². The Labute approximate surface area is 164 Å². The van der Waals surface area contributed by atoms with Crippen LogP contribution >= 0.6 is 0 Å². The Morgan fingerprint density at radius 2 is 1.93 bits per heavy atom. The summed E-state index contributed by atoms with van der Waals surface area (Å²) in [5.41, 5.74) is 0.854. The summed E-state index contributed by atoms with van der Waals surface area (Å²) in [4.78, 5) is 12.9. The highest BCUT2D eigenvalue weighted by Crippen LogP contribution is 2.34. The first-order valence-electron chi connectivity index (χ1n) is 8.59. The van der Waals surface area contributed by atoms with Crippen molar-refractivity contribution in [3.63, 3.8) is 0 Å². The summed E-state index contributed by atoms with van der Waals surface area (Å²) in [6.45, 7) is 0.128. The summed E-state index contributed by atoms with van der Waals surface area (Å²) < 4.78 is 41.9. The maximum atomic E-state index is 12.9. The number of nitrogens with one attached hydrogen (secondary N) is 1. The van der Waals surface area contributed by atoms with Gasteiger partial charge in [0.05, 0.1) is 31.9 Å². The molecule has 0 aromatic heterocycles. The number of amides is 1. The van der Waals surface area contributed by atoms with Gasteiger partial charge in [-0.1, -0.05) is 12.1 Å². The molecule has 0 spiro atoms. The number of benzene rings is 2. The second-order valence-corrected chi connectivity index (χ2v) is 8.16. The zero-order valence-corrected chi connectivity index (χ0v) is 16.7. The molecule has 1 N–H and O–H groups in total. The second kappa shape index (κ2) is 7.97. The average molecular weight is 406 g/mol. The van der Waals surface area contributed by atoms with Crippen LogP contribution in [0.5, 0.6) is 17.2 Å². The maximum absolute atomic E-state index is 12.9. The highest BCUT2D eigenvalue weighted by Gasteiger charge is 2.31. The van der Waals surface area contributed by atoms with Gasteiger partial charge in [0.2, 0.25) is 10.0 Å². The van der Waals surface area contributed by atoms with E-state index in [1.54, 1.807) is 42.5 Å². The van der Waals surface area contributed by atoms with E-state index < -0.39 is 22.0 Å². The van der Waals surface area contributed by atoms with E-state index in [4.69, 9.17) is 14.2 Å². The van der Waals surface area contributed by atoms with Gasteiger partial charge in [-0.15, -0.1) is 0 Å². The number of carbonyl (C=O) groups is 1. The number of fused-ring (bicyclic) bond motifs is 1. The summed E-state index contributed by atoms with van der Waals surface area (Å²) in [5, 5.41) is 2.78. The number of anilines is 2. The highest BCUT2D eigenvalue weighted by atomic mass is 32.2. The third-order valence-electron chi connectivity index (χ3n) is 4.35. The van der Waals surface area contributed by atoms with E-state index in [2.05, 4.69) is 5.32 Å². The molecule has 2 aromatic carbocycles. The van der Waals surface area contributed by atoms with Crippen LogP contribution in [0.4, 0.5) is 11.4 Å². The molecule has 3 rings (SSSR count). The summed E-state index contributed by atoms with van der Waals surface area (Å²) in [6, 6.07) is 11.8. The normalized spacial score (nSPS) is 16.4. The van der Waals surface area contributed by atoms with Crippen molar-refractivity contribution in [2.75, 3.05) is 36.6 Å². The molecule has 0 aliphatic carbocycles. The predicted molar refractivity (Wildman–Crippen MR) is 106 cm³/mol. The zero-order chi connectivity index (χ0) is 20.3. The van der Waals surface area contributed by atoms with Gasteiger partial charge >= 0.3 is 0 Å². The number of methoxy groups -OCH3 is 2. The number of carbonyl (C=O) groups excluding carboxylic acids is 1. The molecule has 9 heteroatoms. The van der Waals surface area contributed by atoms with E-state index in [1.165, 1.54) is 18.5 Å². The second-order valence-electron chi connectivity index (χ2n) is 6.25. The number of hydrogen-bond acceptors (Lipinski definition) is 6. The Kier molecular flexibility index (Phi) is 5.64. The fourth-order valence-electron chi connectivity index (χ4n) is 2.98. The van der Waals surface area contributed by atoms with E-state index >= 15 is 0 Å². The smallest absolute Gasteiger partial charge is 0.265 e. The van der Waals surface area contributed by atoms with Crippen molar-refractivity contribution in [1.82, 2.24) is 0 Å². The molecule has 1 atom stereocenters. The Bertz CT molecular complexity index is 976. The first-order valence-corrected chi connectivity index (χ1v) is 10.4. The molecule has 0 fully saturated rings. The van der Waals surface area contributed by atoms with Crippen LogP contribution in [0, 0.1) is 0 Å². The molecule has 1 heterocycles. The van der Waals surface area contributed by atoms with Crippen molar-refractivity contribution in [2.24, 2.45) is 0 Å². The SMILES string of the molecule is COc1ccc(OC)c(NC(=O)[C@@H]2CCN(S(C)(=O)=O)c3ccccc3O2)c1. The van der Waals surface area contributed by atoms with Crippen LogP contribution in [0.2, 0.25) is 0 Å². The zero-order valence-electron chi connectivity index (χ0n) is 15.8. The molecule has 150 valence electrons. The number of nitrogens with zero attached hydrogens (tertiary/aromatic N) is 1. The van der Waals surface area contributed by atoms with Gasteiger partial charge in [-0.05, 0) is 24.3 Å². The topological polar surface area (TPSA) is 94.2 Å². The fraction of sp³-hybridized carbons (Fsp3) is 0.316. The van der Waals surface area contributed by atoms with Crippen molar-refractivity contribution in [1.29, 1.82) is 0 Å². The van der Waals surface area contributed by atoms with Crippen LogP contribution in [-0.2, 0) is 14.8 Å². The maximum Gasteiger partial charge on any atom is 0.265 e. The summed E-state index contributed by atoms with van der Waals surface area (Å²) >= 11 is 0. The van der Waals surface area contributed by atoms with E-state index in [0.29, 0.717) is 28.6 Å². The average Bonchev–Trinajstić information content (AvgIpc) is 2.87. The third kappa shape index (κ3) is 4.14. The lowest BCUT2D eigenvalue weighted by Gasteiger charge is -2.20. The molecule has 2 aromatic rings. The number of rotatable bonds is 5. The van der Waals surface area contributed by atoms with Crippen molar-refractivity contribution in [3.05, 3.63) is 42.5 Å². The van der Waals surface area contributed by atoms with Crippen LogP contribution < -0.4 is 23.8 Å². The molecular weight excluding hydrogens is 384 g/mol. The van der Waals surface area contributed by atoms with Crippen LogP contribution in [0.15, 0.2) is 42.5 Å². The summed E-state index contributed by atoms with van der Waals surface area (Å²) in [7, 11) is -0.479. The Morgan fingerprint density at radius 3 is 2.61 bits per heavy atom. The largest absolute Gasteiger partial charge is 0.497 e. The Hall–Kier alpha value is -2.94. The highest BCUT2D eigenvalue weighted by molar-refractivity contribution is 7.92. The fourth-order valence-corrected chi connectivity index (χ4v) is 3.93.